The molecule has 1 saturated carbocycles. The molecule has 3 aromatic carbocycles. The maximum Gasteiger partial charge on any atom is 0.321 e. The highest BCUT2D eigenvalue weighted by Crippen LogP contribution is 2.31. The average Bonchev–Trinajstić information content (AvgIpc) is 3.03. The fourth-order valence-corrected chi connectivity index (χ4v) is 6.02. The van der Waals surface area contributed by atoms with Crippen LogP contribution in [0.3, 0.4) is 0 Å². The van der Waals surface area contributed by atoms with Gasteiger partial charge in [0.1, 0.15) is 11.9 Å². The molecular formula is C34H43N5O5. The highest BCUT2D eigenvalue weighted by molar-refractivity contribution is 6.02. The number of carbonyl (C=O) groups excluding carboxylic acids is 3. The van der Waals surface area contributed by atoms with E-state index >= 15 is 0 Å². The first kappa shape index (κ1) is 31.1. The summed E-state index contributed by atoms with van der Waals surface area (Å²) >= 11 is 0. The van der Waals surface area contributed by atoms with Crippen molar-refractivity contribution in [3.05, 3.63) is 66.2 Å². The summed E-state index contributed by atoms with van der Waals surface area (Å²) in [6, 6.07) is 17.8. The third-order valence-electron chi connectivity index (χ3n) is 8.69. The zero-order chi connectivity index (χ0) is 31.2. The average molecular weight is 602 g/mol. The van der Waals surface area contributed by atoms with Crippen LogP contribution in [0.1, 0.15) is 56.3 Å². The molecule has 0 radical (unpaired) electrons. The molecule has 3 atom stereocenters. The SMILES string of the molecule is C[C@@H]1CN([C@H](C)CO)C(=O)c2cc(NC(=O)NC3CCCCC3)ccc2O[C@@H]1CN(C)C(=O)Nc1cccc2ccccc12. The minimum atomic E-state index is -0.452. The molecular weight excluding hydrogens is 558 g/mol. The summed E-state index contributed by atoms with van der Waals surface area (Å²) in [5.74, 6) is -0.0824. The molecule has 0 saturated heterocycles. The number of hydrogen-bond acceptors (Lipinski definition) is 5. The quantitative estimate of drug-likeness (QED) is 0.278. The number of ether oxygens (including phenoxy) is 1. The summed E-state index contributed by atoms with van der Waals surface area (Å²) in [5, 5.41) is 20.9. The Kier molecular flexibility index (Phi) is 9.89. The van der Waals surface area contributed by atoms with Gasteiger partial charge in [-0.3, -0.25) is 4.79 Å². The fraction of sp³-hybridized carbons (Fsp3) is 0.441. The van der Waals surface area contributed by atoms with Crippen molar-refractivity contribution >= 4 is 40.1 Å². The van der Waals surface area contributed by atoms with Gasteiger partial charge in [-0.25, -0.2) is 9.59 Å². The molecule has 234 valence electrons. The Labute approximate surface area is 258 Å². The molecule has 1 fully saturated rings. The number of carbonyl (C=O) groups is 3. The van der Waals surface area contributed by atoms with Gasteiger partial charge in [0.2, 0.25) is 0 Å². The fourth-order valence-electron chi connectivity index (χ4n) is 6.02. The van der Waals surface area contributed by atoms with Crippen LogP contribution in [-0.4, -0.2) is 77.8 Å². The molecule has 5 amide bonds. The Hall–Kier alpha value is -4.31. The number of anilines is 2. The van der Waals surface area contributed by atoms with Crippen molar-refractivity contribution in [3.63, 3.8) is 0 Å². The van der Waals surface area contributed by atoms with Gasteiger partial charge in [-0.1, -0.05) is 62.6 Å². The first-order valence-corrected chi connectivity index (χ1v) is 15.5. The lowest BCUT2D eigenvalue weighted by Gasteiger charge is -2.38. The minimum Gasteiger partial charge on any atom is -0.487 e. The van der Waals surface area contributed by atoms with Crippen LogP contribution in [-0.2, 0) is 0 Å². The normalized spacial score (nSPS) is 19.6. The molecule has 5 rings (SSSR count). The van der Waals surface area contributed by atoms with Crippen molar-refractivity contribution in [2.24, 2.45) is 5.92 Å². The van der Waals surface area contributed by atoms with Crippen LogP contribution in [0.5, 0.6) is 5.75 Å². The Morgan fingerprint density at radius 1 is 1.05 bits per heavy atom. The molecule has 4 N–H and O–H groups in total. The minimum absolute atomic E-state index is 0.149. The predicted molar refractivity (Wildman–Crippen MR) is 172 cm³/mol. The molecule has 0 aromatic heterocycles. The Balaban J connectivity index is 1.34. The number of benzene rings is 3. The maximum atomic E-state index is 13.8. The van der Waals surface area contributed by atoms with Gasteiger partial charge in [-0.05, 0) is 49.4 Å². The number of urea groups is 2. The molecule has 1 heterocycles. The molecule has 1 aliphatic heterocycles. The third-order valence-corrected chi connectivity index (χ3v) is 8.69. The summed E-state index contributed by atoms with van der Waals surface area (Å²) in [6.45, 7) is 4.15. The Bertz CT molecular complexity index is 1480. The number of nitrogens with zero attached hydrogens (tertiary/aromatic N) is 2. The van der Waals surface area contributed by atoms with Crippen molar-refractivity contribution in [1.29, 1.82) is 0 Å². The van der Waals surface area contributed by atoms with E-state index in [1.54, 1.807) is 42.0 Å². The standard InChI is InChI=1S/C34H43N5O5/c1-22-19-39(23(2)21-40)32(41)28-18-26(36-33(42)35-25-12-5-4-6-13-25)16-17-30(28)44-31(22)20-38(3)34(43)37-29-15-9-11-24-10-7-8-14-27(24)29/h7-11,14-18,22-23,25,31,40H,4-6,12-13,19-21H2,1-3H3,(H,37,43)(H2,35,36,42)/t22-,23-,31-/m1/s1. The lowest BCUT2D eigenvalue weighted by molar-refractivity contribution is 0.0371. The molecule has 44 heavy (non-hydrogen) atoms. The topological polar surface area (TPSA) is 123 Å². The van der Waals surface area contributed by atoms with Crippen molar-refractivity contribution in [1.82, 2.24) is 15.1 Å². The molecule has 0 unspecified atom stereocenters. The smallest absolute Gasteiger partial charge is 0.321 e. The molecule has 2 aliphatic rings. The van der Waals surface area contributed by atoms with Crippen LogP contribution in [0, 0.1) is 5.92 Å². The first-order chi connectivity index (χ1) is 21.2. The van der Waals surface area contributed by atoms with E-state index in [0.717, 1.165) is 42.1 Å². The summed E-state index contributed by atoms with van der Waals surface area (Å²) in [6.07, 6.45) is 4.88. The lowest BCUT2D eigenvalue weighted by atomic mass is 9.96. The molecule has 0 spiro atoms. The highest BCUT2D eigenvalue weighted by atomic mass is 16.5. The van der Waals surface area contributed by atoms with Gasteiger partial charge >= 0.3 is 12.1 Å². The van der Waals surface area contributed by atoms with E-state index in [-0.39, 0.29) is 43.1 Å². The van der Waals surface area contributed by atoms with Crippen LogP contribution in [0.4, 0.5) is 21.0 Å². The number of nitrogens with one attached hydrogen (secondary N) is 3. The van der Waals surface area contributed by atoms with E-state index in [0.29, 0.717) is 23.5 Å². The van der Waals surface area contributed by atoms with Crippen molar-refractivity contribution in [2.45, 2.75) is 64.1 Å². The number of amides is 5. The zero-order valence-corrected chi connectivity index (χ0v) is 25.7. The van der Waals surface area contributed by atoms with Crippen LogP contribution in [0.2, 0.25) is 0 Å². The number of fused-ring (bicyclic) bond motifs is 2. The molecule has 0 bridgehead atoms. The van der Waals surface area contributed by atoms with Crippen molar-refractivity contribution in [3.8, 4) is 5.75 Å². The van der Waals surface area contributed by atoms with Crippen molar-refractivity contribution < 1.29 is 24.2 Å². The number of rotatable bonds is 7. The van der Waals surface area contributed by atoms with Gasteiger partial charge < -0.3 is 35.6 Å². The van der Waals surface area contributed by atoms with Crippen LogP contribution in [0.15, 0.2) is 60.7 Å². The lowest BCUT2D eigenvalue weighted by Crippen LogP contribution is -2.50. The summed E-state index contributed by atoms with van der Waals surface area (Å²) in [7, 11) is 1.72. The van der Waals surface area contributed by atoms with E-state index in [4.69, 9.17) is 4.74 Å². The largest absolute Gasteiger partial charge is 0.487 e. The predicted octanol–water partition coefficient (Wildman–Crippen LogP) is 5.68. The number of aliphatic hydroxyl groups excluding tert-OH is 1. The number of likely N-dealkylation sites (N-methyl/N-ethyl adjacent to an activating group) is 1. The van der Waals surface area contributed by atoms with Gasteiger partial charge in [0.05, 0.1) is 30.4 Å². The van der Waals surface area contributed by atoms with E-state index in [9.17, 15) is 19.5 Å². The van der Waals surface area contributed by atoms with Gasteiger partial charge in [0, 0.05) is 36.6 Å². The number of hydrogen-bond donors (Lipinski definition) is 4. The summed E-state index contributed by atoms with van der Waals surface area (Å²) in [5.41, 5.74) is 1.49. The van der Waals surface area contributed by atoms with Crippen LogP contribution >= 0.6 is 0 Å². The van der Waals surface area contributed by atoms with Crippen LogP contribution in [0.25, 0.3) is 10.8 Å². The molecule has 1 aliphatic carbocycles. The van der Waals surface area contributed by atoms with Gasteiger partial charge in [0.25, 0.3) is 5.91 Å². The summed E-state index contributed by atoms with van der Waals surface area (Å²) in [4.78, 5) is 43.0. The zero-order valence-electron chi connectivity index (χ0n) is 25.7. The second-order valence-corrected chi connectivity index (χ2v) is 12.1. The van der Waals surface area contributed by atoms with E-state index < -0.39 is 12.1 Å². The third kappa shape index (κ3) is 7.24. The Morgan fingerprint density at radius 3 is 2.57 bits per heavy atom. The molecule has 10 nitrogen and oxygen atoms in total. The second-order valence-electron chi connectivity index (χ2n) is 12.1. The Morgan fingerprint density at radius 2 is 1.80 bits per heavy atom. The molecule has 10 heteroatoms. The van der Waals surface area contributed by atoms with E-state index in [1.807, 2.05) is 49.4 Å². The molecule has 3 aromatic rings. The van der Waals surface area contributed by atoms with E-state index in [2.05, 4.69) is 16.0 Å². The maximum absolute atomic E-state index is 13.8. The van der Waals surface area contributed by atoms with Crippen LogP contribution < -0.4 is 20.7 Å². The number of aliphatic hydroxyl groups is 1. The highest BCUT2D eigenvalue weighted by Gasteiger charge is 2.34. The summed E-state index contributed by atoms with van der Waals surface area (Å²) < 4.78 is 6.44. The van der Waals surface area contributed by atoms with Gasteiger partial charge in [-0.15, -0.1) is 0 Å². The second kappa shape index (κ2) is 14.0. The van der Waals surface area contributed by atoms with Gasteiger partial charge in [-0.2, -0.15) is 0 Å². The van der Waals surface area contributed by atoms with Gasteiger partial charge in [0.15, 0.2) is 0 Å². The first-order valence-electron chi connectivity index (χ1n) is 15.5. The van der Waals surface area contributed by atoms with Crippen molar-refractivity contribution in [2.75, 3.05) is 37.4 Å². The van der Waals surface area contributed by atoms with E-state index in [1.165, 1.54) is 6.42 Å². The monoisotopic (exact) mass is 601 g/mol.